The molecule has 2 amide bonds. The highest BCUT2D eigenvalue weighted by atomic mass is 35.5. The first-order chi connectivity index (χ1) is 19.5. The van der Waals surface area contributed by atoms with Gasteiger partial charge < -0.3 is 29.5 Å². The van der Waals surface area contributed by atoms with Crippen LogP contribution in [-0.4, -0.2) is 59.3 Å². The lowest BCUT2D eigenvalue weighted by atomic mass is 9.80. The number of fused-ring (bicyclic) bond motifs is 1. The lowest BCUT2D eigenvalue weighted by molar-refractivity contribution is -0.155. The van der Waals surface area contributed by atoms with Crippen molar-refractivity contribution in [2.75, 3.05) is 25.2 Å². The number of hydrogen-bond donors (Lipinski definition) is 2. The first-order valence-electron chi connectivity index (χ1n) is 13.7. The zero-order valence-electron chi connectivity index (χ0n) is 23.6. The van der Waals surface area contributed by atoms with Crippen molar-refractivity contribution in [1.82, 2.24) is 4.90 Å². The first kappa shape index (κ1) is 28.9. The molecule has 5 rings (SSSR count). The molecule has 9 heteroatoms. The summed E-state index contributed by atoms with van der Waals surface area (Å²) in [7, 11) is 1.58. The van der Waals surface area contributed by atoms with Crippen LogP contribution in [-0.2, 0) is 21.6 Å². The number of rotatable bonds is 8. The summed E-state index contributed by atoms with van der Waals surface area (Å²) in [6.45, 7) is 5.47. The van der Waals surface area contributed by atoms with Gasteiger partial charge in [-0.25, -0.2) is 0 Å². The summed E-state index contributed by atoms with van der Waals surface area (Å²) in [6.07, 6.45) is 0.735. The molecule has 0 bridgehead atoms. The highest BCUT2D eigenvalue weighted by Crippen LogP contribution is 2.44. The Kier molecular flexibility index (Phi) is 8.01. The maximum Gasteiger partial charge on any atom is 0.248 e. The van der Waals surface area contributed by atoms with Crippen molar-refractivity contribution in [3.8, 4) is 11.5 Å². The smallest absolute Gasteiger partial charge is 0.248 e. The predicted molar refractivity (Wildman–Crippen MR) is 156 cm³/mol. The fourth-order valence-corrected chi connectivity index (χ4v) is 5.97. The molecule has 0 spiro atoms. The van der Waals surface area contributed by atoms with E-state index in [1.807, 2.05) is 50.2 Å². The lowest BCUT2D eigenvalue weighted by Crippen LogP contribution is -2.60. The molecule has 8 nitrogen and oxygen atoms in total. The van der Waals surface area contributed by atoms with E-state index in [0.29, 0.717) is 40.7 Å². The van der Waals surface area contributed by atoms with Crippen LogP contribution < -0.4 is 14.4 Å². The Labute approximate surface area is 245 Å². The van der Waals surface area contributed by atoms with E-state index < -0.39 is 30.2 Å². The molecule has 2 N–H and O–H groups in total. The van der Waals surface area contributed by atoms with Crippen LogP contribution in [0.4, 0.5) is 5.69 Å². The first-order valence-corrected chi connectivity index (χ1v) is 14.1. The number of halogens is 1. The van der Waals surface area contributed by atoms with E-state index in [1.54, 1.807) is 43.2 Å². The number of aliphatic hydroxyl groups excluding tert-OH is 1. The second-order valence-corrected chi connectivity index (χ2v) is 11.4. The van der Waals surface area contributed by atoms with Gasteiger partial charge >= 0.3 is 0 Å². The largest absolute Gasteiger partial charge is 0.493 e. The summed E-state index contributed by atoms with van der Waals surface area (Å²) in [5.74, 6) is 0.683. The Morgan fingerprint density at radius 1 is 1.10 bits per heavy atom. The molecule has 216 valence electrons. The number of methoxy groups -OCH3 is 1. The third-order valence-corrected chi connectivity index (χ3v) is 8.24. The molecule has 1 fully saturated rings. The normalized spacial score (nSPS) is 19.9. The van der Waals surface area contributed by atoms with Crippen molar-refractivity contribution in [1.29, 1.82) is 0 Å². The number of likely N-dealkylation sites (tertiary alicyclic amines) is 1. The molecule has 1 saturated heterocycles. The van der Waals surface area contributed by atoms with Gasteiger partial charge in [0.2, 0.25) is 11.8 Å². The summed E-state index contributed by atoms with van der Waals surface area (Å²) in [4.78, 5) is 29.1. The number of carbonyl (C=O) groups excluding carboxylic acids is 2. The summed E-state index contributed by atoms with van der Waals surface area (Å²) in [5, 5.41) is 21.3. The molecule has 3 atom stereocenters. The van der Waals surface area contributed by atoms with E-state index in [4.69, 9.17) is 21.1 Å². The van der Waals surface area contributed by atoms with Gasteiger partial charge in [0, 0.05) is 17.3 Å². The van der Waals surface area contributed by atoms with E-state index in [1.165, 1.54) is 4.90 Å². The topological polar surface area (TPSA) is 99.5 Å². The summed E-state index contributed by atoms with van der Waals surface area (Å²) in [5.41, 5.74) is 2.62. The van der Waals surface area contributed by atoms with Crippen LogP contribution in [0.5, 0.6) is 11.5 Å². The van der Waals surface area contributed by atoms with Crippen LogP contribution in [0.3, 0.4) is 0 Å². The van der Waals surface area contributed by atoms with Crippen LogP contribution in [0.25, 0.3) is 0 Å². The fourth-order valence-electron chi connectivity index (χ4n) is 5.84. The molecular formula is C32H35ClN2O6. The molecule has 0 saturated carbocycles. The molecule has 0 aliphatic carbocycles. The molecule has 2 aliphatic rings. The van der Waals surface area contributed by atoms with Crippen LogP contribution in [0.2, 0.25) is 5.02 Å². The van der Waals surface area contributed by atoms with Crippen LogP contribution in [0, 0.1) is 0 Å². The number of anilines is 1. The molecule has 3 aromatic rings. The number of aliphatic hydroxyl groups is 2. The number of ether oxygens (including phenoxy) is 2. The van der Waals surface area contributed by atoms with Crippen molar-refractivity contribution >= 4 is 29.1 Å². The monoisotopic (exact) mass is 578 g/mol. The van der Waals surface area contributed by atoms with E-state index in [9.17, 15) is 19.8 Å². The summed E-state index contributed by atoms with van der Waals surface area (Å²) in [6, 6.07) is 17.6. The minimum atomic E-state index is -1.32. The van der Waals surface area contributed by atoms with Gasteiger partial charge in [0.1, 0.15) is 12.2 Å². The lowest BCUT2D eigenvalue weighted by Gasteiger charge is -2.48. The van der Waals surface area contributed by atoms with Crippen molar-refractivity contribution in [3.63, 3.8) is 0 Å². The van der Waals surface area contributed by atoms with Crippen LogP contribution in [0.15, 0.2) is 60.7 Å². The predicted octanol–water partition coefficient (Wildman–Crippen LogP) is 4.62. The maximum atomic E-state index is 13.8. The van der Waals surface area contributed by atoms with Gasteiger partial charge in [0.05, 0.1) is 31.7 Å². The molecule has 0 radical (unpaired) electrons. The molecule has 2 heterocycles. The van der Waals surface area contributed by atoms with E-state index in [0.717, 1.165) is 16.7 Å². The fraction of sp³-hybridized carbons (Fsp3) is 0.375. The van der Waals surface area contributed by atoms with Crippen LogP contribution >= 0.6 is 11.6 Å². The van der Waals surface area contributed by atoms with Gasteiger partial charge in [-0.1, -0.05) is 35.9 Å². The number of carbonyl (C=O) groups is 2. The van der Waals surface area contributed by atoms with Gasteiger partial charge in [-0.15, -0.1) is 0 Å². The minimum absolute atomic E-state index is 0.0724. The Bertz CT molecular complexity index is 1440. The Balaban J connectivity index is 1.56. The zero-order valence-corrected chi connectivity index (χ0v) is 24.4. The number of hydrogen-bond acceptors (Lipinski definition) is 6. The molecule has 0 aromatic heterocycles. The van der Waals surface area contributed by atoms with Crippen molar-refractivity contribution in [3.05, 3.63) is 87.9 Å². The average molecular weight is 579 g/mol. The molecular weight excluding hydrogens is 544 g/mol. The Morgan fingerprint density at radius 3 is 2.34 bits per heavy atom. The third kappa shape index (κ3) is 5.39. The zero-order chi connectivity index (χ0) is 29.5. The summed E-state index contributed by atoms with van der Waals surface area (Å²) >= 11 is 6.22. The van der Waals surface area contributed by atoms with E-state index >= 15 is 0 Å². The van der Waals surface area contributed by atoms with Crippen molar-refractivity contribution < 1.29 is 29.3 Å². The second-order valence-electron chi connectivity index (χ2n) is 11.0. The highest BCUT2D eigenvalue weighted by molar-refractivity contribution is 6.30. The summed E-state index contributed by atoms with van der Waals surface area (Å²) < 4.78 is 11.7. The van der Waals surface area contributed by atoms with E-state index in [2.05, 4.69) is 0 Å². The minimum Gasteiger partial charge on any atom is -0.493 e. The number of amides is 2. The maximum absolute atomic E-state index is 13.8. The molecule has 2 aliphatic heterocycles. The SMILES string of the molecule is COc1cc2c(cc1OC(C)C)C(c1ccc(Cl)cc1)N(c1ccc([C@](C)(O)C3CCN3C(=O)CO)cc1)C(=O)C2. The Hall–Kier alpha value is -3.59. The number of nitrogens with zero attached hydrogens (tertiary/aromatic N) is 2. The molecule has 2 unspecified atom stereocenters. The van der Waals surface area contributed by atoms with E-state index in [-0.39, 0.29) is 18.4 Å². The number of benzene rings is 3. The highest BCUT2D eigenvalue weighted by Gasteiger charge is 2.45. The molecule has 3 aromatic carbocycles. The van der Waals surface area contributed by atoms with Crippen LogP contribution in [0.1, 0.15) is 55.5 Å². The van der Waals surface area contributed by atoms with Gasteiger partial charge in [0.15, 0.2) is 11.5 Å². The van der Waals surface area contributed by atoms with Gasteiger partial charge in [0.25, 0.3) is 0 Å². The third-order valence-electron chi connectivity index (χ3n) is 7.99. The molecule has 41 heavy (non-hydrogen) atoms. The van der Waals surface area contributed by atoms with Crippen molar-refractivity contribution in [2.24, 2.45) is 0 Å². The Morgan fingerprint density at radius 2 is 1.78 bits per heavy atom. The second kappa shape index (κ2) is 11.4. The average Bonchev–Trinajstić information content (AvgIpc) is 2.91. The van der Waals surface area contributed by atoms with Crippen molar-refractivity contribution in [2.45, 2.75) is 57.4 Å². The van der Waals surface area contributed by atoms with Gasteiger partial charge in [-0.3, -0.25) is 9.59 Å². The van der Waals surface area contributed by atoms with Gasteiger partial charge in [-0.05, 0) is 85.8 Å². The standard InChI is InChI=1S/C32H35ClN2O6/c1-19(2)41-27-17-25-21(15-26(27)40-4)16-29(37)35(31(25)20-5-9-23(33)10-6-20)24-11-7-22(8-12-24)32(3,39)28-13-14-34(28)30(38)18-36/h5-12,15,17,19,28,31,36,39H,13-14,16,18H2,1-4H3/t28?,31?,32-/m0/s1. The van der Waals surface area contributed by atoms with Gasteiger partial charge in [-0.2, -0.15) is 0 Å². The quantitative estimate of drug-likeness (QED) is 0.405.